The first kappa shape index (κ1) is 12.9. The van der Waals surface area contributed by atoms with Gasteiger partial charge in [-0.3, -0.25) is 0 Å². The molecule has 0 aliphatic heterocycles. The normalized spacial score (nSPS) is 15.7. The molecule has 0 aliphatic carbocycles. The molecule has 0 bridgehead atoms. The third-order valence-corrected chi connectivity index (χ3v) is 2.60. The summed E-state index contributed by atoms with van der Waals surface area (Å²) in [5, 5.41) is 18.2. The van der Waals surface area contributed by atoms with Crippen LogP contribution in [0.4, 0.5) is 0 Å². The van der Waals surface area contributed by atoms with Gasteiger partial charge in [-0.05, 0) is 13.3 Å². The molecule has 0 aromatic heterocycles. The van der Waals surface area contributed by atoms with Crippen molar-refractivity contribution >= 4 is 0 Å². The minimum absolute atomic E-state index is 0.0848. The van der Waals surface area contributed by atoms with Crippen molar-refractivity contribution in [2.75, 3.05) is 6.61 Å². The molecule has 2 atom stereocenters. The average molecular weight is 188 g/mol. The molecule has 2 nitrogen and oxygen atoms in total. The zero-order valence-corrected chi connectivity index (χ0v) is 9.00. The van der Waals surface area contributed by atoms with E-state index in [1.54, 1.807) is 6.92 Å². The summed E-state index contributed by atoms with van der Waals surface area (Å²) in [6.45, 7) is 4.07. The van der Waals surface area contributed by atoms with Crippen LogP contribution in [0.15, 0.2) is 0 Å². The molecule has 0 saturated carbocycles. The quantitative estimate of drug-likeness (QED) is 0.574. The summed E-state index contributed by atoms with van der Waals surface area (Å²) < 4.78 is 0. The lowest BCUT2D eigenvalue weighted by Gasteiger charge is -2.16. The van der Waals surface area contributed by atoms with Gasteiger partial charge >= 0.3 is 0 Å². The van der Waals surface area contributed by atoms with Gasteiger partial charge in [0.25, 0.3) is 0 Å². The Balaban J connectivity index is 3.28. The van der Waals surface area contributed by atoms with Crippen LogP contribution in [0.2, 0.25) is 0 Å². The van der Waals surface area contributed by atoms with Crippen molar-refractivity contribution in [1.82, 2.24) is 0 Å². The molecule has 0 aliphatic rings. The highest BCUT2D eigenvalue weighted by Gasteiger charge is 2.12. The largest absolute Gasteiger partial charge is 0.396 e. The second kappa shape index (κ2) is 8.52. The molecule has 0 aromatic carbocycles. The molecule has 2 heteroatoms. The lowest BCUT2D eigenvalue weighted by Crippen LogP contribution is -2.20. The number of unbranched alkanes of at least 4 members (excludes halogenated alkanes) is 4. The van der Waals surface area contributed by atoms with Crippen LogP contribution in [0.25, 0.3) is 0 Å². The summed E-state index contributed by atoms with van der Waals surface area (Å²) in [6, 6.07) is 0. The molecular formula is C11H24O2. The van der Waals surface area contributed by atoms with Crippen molar-refractivity contribution in [3.8, 4) is 0 Å². The van der Waals surface area contributed by atoms with E-state index < -0.39 is 0 Å². The predicted molar refractivity (Wildman–Crippen MR) is 55.6 cm³/mol. The van der Waals surface area contributed by atoms with E-state index in [1.807, 2.05) is 0 Å². The predicted octanol–water partition coefficient (Wildman–Crippen LogP) is 2.34. The van der Waals surface area contributed by atoms with Crippen LogP contribution in [0.3, 0.4) is 0 Å². The van der Waals surface area contributed by atoms with Crippen LogP contribution < -0.4 is 0 Å². The van der Waals surface area contributed by atoms with Crippen molar-refractivity contribution < 1.29 is 10.2 Å². The molecule has 2 N–H and O–H groups in total. The highest BCUT2D eigenvalue weighted by Crippen LogP contribution is 2.14. The Bertz CT molecular complexity index is 102. The number of hydrogen-bond donors (Lipinski definition) is 2. The first-order valence-corrected chi connectivity index (χ1v) is 5.51. The summed E-state index contributed by atoms with van der Waals surface area (Å²) in [7, 11) is 0. The minimum Gasteiger partial charge on any atom is -0.396 e. The number of aliphatic hydroxyl groups is 2. The Hall–Kier alpha value is -0.0800. The molecule has 0 radical (unpaired) electrons. The van der Waals surface area contributed by atoms with E-state index in [9.17, 15) is 5.11 Å². The van der Waals surface area contributed by atoms with Gasteiger partial charge in [-0.25, -0.2) is 0 Å². The van der Waals surface area contributed by atoms with Crippen molar-refractivity contribution in [1.29, 1.82) is 0 Å². The Morgan fingerprint density at radius 2 is 1.69 bits per heavy atom. The third-order valence-electron chi connectivity index (χ3n) is 2.60. The highest BCUT2D eigenvalue weighted by molar-refractivity contribution is 4.63. The summed E-state index contributed by atoms with van der Waals surface area (Å²) in [5.41, 5.74) is 0. The lowest BCUT2D eigenvalue weighted by molar-refractivity contribution is 0.0741. The van der Waals surface area contributed by atoms with Gasteiger partial charge in [-0.15, -0.1) is 0 Å². The van der Waals surface area contributed by atoms with Crippen LogP contribution >= 0.6 is 0 Å². The topological polar surface area (TPSA) is 40.5 Å². The van der Waals surface area contributed by atoms with Gasteiger partial charge in [0.1, 0.15) is 0 Å². The Morgan fingerprint density at radius 1 is 1.08 bits per heavy atom. The van der Waals surface area contributed by atoms with Gasteiger partial charge in [0, 0.05) is 12.5 Å². The highest BCUT2D eigenvalue weighted by atomic mass is 16.3. The Kier molecular flexibility index (Phi) is 8.46. The summed E-state index contributed by atoms with van der Waals surface area (Å²) in [5.74, 6) is 0.0848. The van der Waals surface area contributed by atoms with E-state index in [0.29, 0.717) is 0 Å². The van der Waals surface area contributed by atoms with E-state index in [0.717, 1.165) is 12.8 Å². The van der Waals surface area contributed by atoms with E-state index >= 15 is 0 Å². The van der Waals surface area contributed by atoms with Crippen molar-refractivity contribution in [3.63, 3.8) is 0 Å². The molecule has 0 spiro atoms. The van der Waals surface area contributed by atoms with Gasteiger partial charge in [0.15, 0.2) is 0 Å². The van der Waals surface area contributed by atoms with Crippen molar-refractivity contribution in [2.45, 2.75) is 58.5 Å². The number of rotatable bonds is 8. The molecule has 80 valence electrons. The van der Waals surface area contributed by atoms with Crippen LogP contribution in [0, 0.1) is 5.92 Å². The maximum absolute atomic E-state index is 9.25. The minimum atomic E-state index is -0.365. The zero-order valence-electron chi connectivity index (χ0n) is 9.00. The Labute approximate surface area is 82.0 Å². The van der Waals surface area contributed by atoms with E-state index in [2.05, 4.69) is 6.92 Å². The smallest absolute Gasteiger partial charge is 0.0562 e. The van der Waals surface area contributed by atoms with Gasteiger partial charge in [-0.2, -0.15) is 0 Å². The van der Waals surface area contributed by atoms with Gasteiger partial charge in [0.05, 0.1) is 6.10 Å². The first-order chi connectivity index (χ1) is 6.22. The fourth-order valence-electron chi connectivity index (χ4n) is 1.50. The van der Waals surface area contributed by atoms with E-state index in [-0.39, 0.29) is 18.6 Å². The molecule has 0 rings (SSSR count). The van der Waals surface area contributed by atoms with Crippen LogP contribution in [-0.4, -0.2) is 22.9 Å². The van der Waals surface area contributed by atoms with Crippen LogP contribution in [0.5, 0.6) is 0 Å². The van der Waals surface area contributed by atoms with Gasteiger partial charge in [0.2, 0.25) is 0 Å². The summed E-state index contributed by atoms with van der Waals surface area (Å²) in [6.07, 6.45) is 6.81. The fraction of sp³-hybridized carbons (Fsp3) is 1.00. The molecule has 13 heavy (non-hydrogen) atoms. The molecular weight excluding hydrogens is 164 g/mol. The summed E-state index contributed by atoms with van der Waals surface area (Å²) in [4.78, 5) is 0. The van der Waals surface area contributed by atoms with E-state index in [4.69, 9.17) is 5.11 Å². The average Bonchev–Trinajstić information content (AvgIpc) is 2.10. The van der Waals surface area contributed by atoms with Crippen molar-refractivity contribution in [3.05, 3.63) is 0 Å². The second-order valence-corrected chi connectivity index (χ2v) is 3.89. The number of hydrogen-bond acceptors (Lipinski definition) is 2. The standard InChI is InChI=1S/C11H24O2/c1-3-4-5-6-7-8-11(9-12)10(2)13/h10-13H,3-9H2,1-2H3. The zero-order chi connectivity index (χ0) is 10.1. The van der Waals surface area contributed by atoms with Gasteiger partial charge in [-0.1, -0.05) is 39.0 Å². The number of aliphatic hydroxyl groups excluding tert-OH is 2. The van der Waals surface area contributed by atoms with Crippen LogP contribution in [0.1, 0.15) is 52.4 Å². The molecule has 0 fully saturated rings. The fourth-order valence-corrected chi connectivity index (χ4v) is 1.50. The van der Waals surface area contributed by atoms with Crippen molar-refractivity contribution in [2.24, 2.45) is 5.92 Å². The maximum atomic E-state index is 9.25. The maximum Gasteiger partial charge on any atom is 0.0562 e. The second-order valence-electron chi connectivity index (χ2n) is 3.89. The van der Waals surface area contributed by atoms with E-state index in [1.165, 1.54) is 25.7 Å². The third kappa shape index (κ3) is 7.03. The Morgan fingerprint density at radius 3 is 2.15 bits per heavy atom. The lowest BCUT2D eigenvalue weighted by atomic mass is 9.97. The summed E-state index contributed by atoms with van der Waals surface area (Å²) >= 11 is 0. The molecule has 0 amide bonds. The van der Waals surface area contributed by atoms with Crippen LogP contribution in [-0.2, 0) is 0 Å². The SMILES string of the molecule is CCCCCCCC(CO)C(C)O. The molecule has 0 aromatic rings. The van der Waals surface area contributed by atoms with Gasteiger partial charge < -0.3 is 10.2 Å². The first-order valence-electron chi connectivity index (χ1n) is 5.51. The monoisotopic (exact) mass is 188 g/mol. The molecule has 2 unspecified atom stereocenters. The molecule has 0 saturated heterocycles. The molecule has 0 heterocycles.